The Balaban J connectivity index is 2.71. The third kappa shape index (κ3) is 3.58. The average Bonchev–Trinajstić information content (AvgIpc) is 2.27. The highest BCUT2D eigenvalue weighted by Gasteiger charge is 2.07. The number of rotatable bonds is 5. The number of phenols is 1. The number of nitrogens with one attached hydrogen (secondary N) is 1. The fourth-order valence-corrected chi connectivity index (χ4v) is 1.53. The number of hydrogen-bond acceptors (Lipinski definition) is 3. The second-order valence-electron chi connectivity index (χ2n) is 4.12. The molecule has 1 unspecified atom stereocenters. The van der Waals surface area contributed by atoms with Crippen molar-refractivity contribution in [2.24, 2.45) is 0 Å². The summed E-state index contributed by atoms with van der Waals surface area (Å²) in [5.74, 6) is 0.778. The Labute approximate surface area is 101 Å². The van der Waals surface area contributed by atoms with E-state index in [1.54, 1.807) is 12.1 Å². The van der Waals surface area contributed by atoms with E-state index in [2.05, 4.69) is 5.32 Å². The van der Waals surface area contributed by atoms with E-state index >= 15 is 0 Å². The first-order chi connectivity index (χ1) is 7.54. The lowest BCUT2D eigenvalue weighted by Crippen LogP contribution is -2.20. The van der Waals surface area contributed by atoms with Crippen LogP contribution < -0.4 is 5.32 Å². The molecule has 0 spiro atoms. The number of anilines is 1. The second-order valence-corrected chi connectivity index (χ2v) is 4.43. The molecule has 0 aromatic heterocycles. The summed E-state index contributed by atoms with van der Waals surface area (Å²) in [6.07, 6.45) is -0.557. The molecule has 0 radical (unpaired) electrons. The number of hydrogen-bond donors (Lipinski definition) is 3. The largest absolute Gasteiger partial charge is 0.508 e. The van der Waals surface area contributed by atoms with E-state index in [-0.39, 0.29) is 11.8 Å². The van der Waals surface area contributed by atoms with E-state index in [4.69, 9.17) is 11.6 Å². The van der Waals surface area contributed by atoms with E-state index in [9.17, 15) is 10.2 Å². The Morgan fingerprint density at radius 3 is 2.62 bits per heavy atom. The predicted octanol–water partition coefficient (Wildman–Crippen LogP) is 2.53. The quantitative estimate of drug-likeness (QED) is 0.550. The Bertz CT molecular complexity index is 342. The SMILES string of the molecule is CC(C)c1cc(NCC(O)CCl)ccc1O. The maximum absolute atomic E-state index is 9.63. The summed E-state index contributed by atoms with van der Waals surface area (Å²) in [6.45, 7) is 4.45. The van der Waals surface area contributed by atoms with E-state index in [1.807, 2.05) is 19.9 Å². The second kappa shape index (κ2) is 5.97. The summed E-state index contributed by atoms with van der Waals surface area (Å²) in [5, 5.41) is 22.0. The smallest absolute Gasteiger partial charge is 0.119 e. The van der Waals surface area contributed by atoms with Crippen LogP contribution in [0.5, 0.6) is 5.75 Å². The maximum Gasteiger partial charge on any atom is 0.119 e. The maximum atomic E-state index is 9.63. The molecule has 1 aromatic rings. The van der Waals surface area contributed by atoms with Gasteiger partial charge in [0.15, 0.2) is 0 Å². The van der Waals surface area contributed by atoms with Crippen molar-refractivity contribution in [3.8, 4) is 5.75 Å². The molecule has 3 N–H and O–H groups in total. The van der Waals surface area contributed by atoms with Gasteiger partial charge in [-0.05, 0) is 29.7 Å². The normalized spacial score (nSPS) is 12.8. The van der Waals surface area contributed by atoms with Gasteiger partial charge in [-0.2, -0.15) is 0 Å². The van der Waals surface area contributed by atoms with Gasteiger partial charge in [-0.15, -0.1) is 11.6 Å². The molecular weight excluding hydrogens is 226 g/mol. The third-order valence-electron chi connectivity index (χ3n) is 2.37. The van der Waals surface area contributed by atoms with Gasteiger partial charge in [-0.25, -0.2) is 0 Å². The zero-order valence-electron chi connectivity index (χ0n) is 9.57. The zero-order chi connectivity index (χ0) is 12.1. The lowest BCUT2D eigenvalue weighted by Gasteiger charge is -2.13. The molecule has 0 amide bonds. The van der Waals surface area contributed by atoms with E-state index in [1.165, 1.54) is 0 Å². The van der Waals surface area contributed by atoms with Gasteiger partial charge < -0.3 is 15.5 Å². The van der Waals surface area contributed by atoms with Crippen molar-refractivity contribution in [1.29, 1.82) is 0 Å². The number of alkyl halides is 1. The molecule has 1 atom stereocenters. The Morgan fingerprint density at radius 2 is 2.06 bits per heavy atom. The highest BCUT2D eigenvalue weighted by molar-refractivity contribution is 6.18. The fourth-order valence-electron chi connectivity index (χ4n) is 1.42. The van der Waals surface area contributed by atoms with Crippen molar-refractivity contribution < 1.29 is 10.2 Å². The van der Waals surface area contributed by atoms with Crippen molar-refractivity contribution in [1.82, 2.24) is 0 Å². The number of halogens is 1. The van der Waals surface area contributed by atoms with E-state index < -0.39 is 6.10 Å². The van der Waals surface area contributed by atoms with E-state index in [0.29, 0.717) is 12.3 Å². The lowest BCUT2D eigenvalue weighted by molar-refractivity contribution is 0.211. The molecule has 0 aliphatic rings. The van der Waals surface area contributed by atoms with Crippen molar-refractivity contribution in [2.75, 3.05) is 17.7 Å². The van der Waals surface area contributed by atoms with Gasteiger partial charge in [-0.3, -0.25) is 0 Å². The van der Waals surface area contributed by atoms with Gasteiger partial charge in [0.25, 0.3) is 0 Å². The lowest BCUT2D eigenvalue weighted by atomic mass is 10.0. The van der Waals surface area contributed by atoms with Crippen LogP contribution in [0.4, 0.5) is 5.69 Å². The number of aromatic hydroxyl groups is 1. The third-order valence-corrected chi connectivity index (χ3v) is 2.73. The standard InChI is InChI=1S/C12H18ClNO2/c1-8(2)11-5-9(3-4-12(11)16)14-7-10(15)6-13/h3-5,8,10,14-16H,6-7H2,1-2H3. The molecular formula is C12H18ClNO2. The summed E-state index contributed by atoms with van der Waals surface area (Å²) in [7, 11) is 0. The first-order valence-corrected chi connectivity index (χ1v) is 5.89. The number of aliphatic hydroxyl groups is 1. The molecule has 1 rings (SSSR count). The van der Waals surface area contributed by atoms with Crippen LogP contribution in [0, 0.1) is 0 Å². The van der Waals surface area contributed by atoms with Gasteiger partial charge in [0.05, 0.1) is 12.0 Å². The summed E-state index contributed by atoms with van der Waals surface area (Å²) >= 11 is 5.50. The van der Waals surface area contributed by atoms with Crippen LogP contribution >= 0.6 is 11.6 Å². The summed E-state index contributed by atoms with van der Waals surface area (Å²) in [5.41, 5.74) is 1.77. The van der Waals surface area contributed by atoms with Crippen molar-refractivity contribution in [3.05, 3.63) is 23.8 Å². The number of phenolic OH excluding ortho intramolecular Hbond substituents is 1. The Morgan fingerprint density at radius 1 is 1.38 bits per heavy atom. The van der Waals surface area contributed by atoms with Crippen LogP contribution in [0.2, 0.25) is 0 Å². The molecule has 0 heterocycles. The minimum absolute atomic E-state index is 0.210. The molecule has 1 aromatic carbocycles. The van der Waals surface area contributed by atoms with Gasteiger partial charge >= 0.3 is 0 Å². The summed E-state index contributed by atoms with van der Waals surface area (Å²) < 4.78 is 0. The average molecular weight is 244 g/mol. The summed E-state index contributed by atoms with van der Waals surface area (Å²) in [6, 6.07) is 5.33. The fraction of sp³-hybridized carbons (Fsp3) is 0.500. The molecule has 0 saturated heterocycles. The molecule has 0 aliphatic carbocycles. The van der Waals surface area contributed by atoms with Crippen LogP contribution in [-0.2, 0) is 0 Å². The molecule has 3 nitrogen and oxygen atoms in total. The van der Waals surface area contributed by atoms with Crippen molar-refractivity contribution in [3.63, 3.8) is 0 Å². The number of aliphatic hydroxyl groups excluding tert-OH is 1. The van der Waals surface area contributed by atoms with Crippen LogP contribution in [0.15, 0.2) is 18.2 Å². The van der Waals surface area contributed by atoms with E-state index in [0.717, 1.165) is 11.3 Å². The van der Waals surface area contributed by atoms with Gasteiger partial charge in [-0.1, -0.05) is 13.8 Å². The highest BCUT2D eigenvalue weighted by atomic mass is 35.5. The minimum Gasteiger partial charge on any atom is -0.508 e. The Kier molecular flexibility index (Phi) is 4.90. The molecule has 90 valence electrons. The monoisotopic (exact) mass is 243 g/mol. The minimum atomic E-state index is -0.557. The molecule has 4 heteroatoms. The van der Waals surface area contributed by atoms with Crippen LogP contribution in [-0.4, -0.2) is 28.7 Å². The van der Waals surface area contributed by atoms with Crippen molar-refractivity contribution in [2.45, 2.75) is 25.9 Å². The topological polar surface area (TPSA) is 52.5 Å². The zero-order valence-corrected chi connectivity index (χ0v) is 10.3. The first kappa shape index (κ1) is 13.1. The highest BCUT2D eigenvalue weighted by Crippen LogP contribution is 2.28. The molecule has 0 saturated carbocycles. The summed E-state index contributed by atoms with van der Waals surface area (Å²) in [4.78, 5) is 0. The van der Waals surface area contributed by atoms with Crippen LogP contribution in [0.25, 0.3) is 0 Å². The molecule has 0 bridgehead atoms. The predicted molar refractivity (Wildman–Crippen MR) is 67.4 cm³/mol. The van der Waals surface area contributed by atoms with Crippen LogP contribution in [0.3, 0.4) is 0 Å². The van der Waals surface area contributed by atoms with Crippen LogP contribution in [0.1, 0.15) is 25.3 Å². The van der Waals surface area contributed by atoms with Gasteiger partial charge in [0.2, 0.25) is 0 Å². The molecule has 0 aliphatic heterocycles. The van der Waals surface area contributed by atoms with Crippen molar-refractivity contribution >= 4 is 17.3 Å². The Hall–Kier alpha value is -0.930. The molecule has 0 fully saturated rings. The van der Waals surface area contributed by atoms with Gasteiger partial charge in [0, 0.05) is 12.2 Å². The first-order valence-electron chi connectivity index (χ1n) is 5.35. The van der Waals surface area contributed by atoms with Gasteiger partial charge in [0.1, 0.15) is 5.75 Å². The molecule has 16 heavy (non-hydrogen) atoms. The number of benzene rings is 1.